The molecule has 1 amide bonds. The van der Waals surface area contributed by atoms with Crippen molar-refractivity contribution < 1.29 is 28.0 Å². The predicted octanol–water partition coefficient (Wildman–Crippen LogP) is 9.93. The van der Waals surface area contributed by atoms with Gasteiger partial charge in [0.05, 0.1) is 17.9 Å². The molecule has 8 heteroatoms. The van der Waals surface area contributed by atoms with Crippen molar-refractivity contribution in [3.8, 4) is 0 Å². The van der Waals surface area contributed by atoms with E-state index in [0.717, 1.165) is 38.5 Å². The van der Waals surface area contributed by atoms with Crippen molar-refractivity contribution in [3.63, 3.8) is 0 Å². The Labute approximate surface area is 289 Å². The molecule has 47 heavy (non-hydrogen) atoms. The molecule has 0 saturated heterocycles. The highest BCUT2D eigenvalue weighted by Crippen LogP contribution is 2.13. The number of hydrogen-bond acceptors (Lipinski definition) is 5. The smallest absolute Gasteiger partial charge is 0.267 e. The SMILES string of the molecule is CCCCCCCC/C=C/CC/C=C/C(O)C(CS(=O)(=O)O)NC(=O)C(O)CCCCCCCC/C=C\CCCCCCCCCC. The summed E-state index contributed by atoms with van der Waals surface area (Å²) in [6.45, 7) is 4.47. The lowest BCUT2D eigenvalue weighted by Crippen LogP contribution is -2.50. The quantitative estimate of drug-likeness (QED) is 0.0304. The van der Waals surface area contributed by atoms with Crippen molar-refractivity contribution in [2.45, 2.75) is 199 Å². The van der Waals surface area contributed by atoms with Crippen molar-refractivity contribution in [1.82, 2.24) is 5.32 Å². The van der Waals surface area contributed by atoms with E-state index < -0.39 is 40.0 Å². The summed E-state index contributed by atoms with van der Waals surface area (Å²) in [7, 11) is -4.45. The van der Waals surface area contributed by atoms with Crippen LogP contribution in [0.3, 0.4) is 0 Å². The summed E-state index contributed by atoms with van der Waals surface area (Å²) < 4.78 is 32.4. The Bertz CT molecular complexity index is 901. The average molecular weight is 684 g/mol. The molecule has 0 aromatic rings. The molecular weight excluding hydrogens is 610 g/mol. The van der Waals surface area contributed by atoms with Gasteiger partial charge in [-0.15, -0.1) is 0 Å². The van der Waals surface area contributed by atoms with Crippen LogP contribution in [0.25, 0.3) is 0 Å². The minimum atomic E-state index is -4.45. The Balaban J connectivity index is 4.10. The number of amides is 1. The van der Waals surface area contributed by atoms with Crippen LogP contribution in [0.4, 0.5) is 0 Å². The number of allylic oxidation sites excluding steroid dienone is 5. The number of carbonyl (C=O) groups is 1. The molecule has 7 nitrogen and oxygen atoms in total. The minimum Gasteiger partial charge on any atom is -0.387 e. The Morgan fingerprint density at radius 3 is 1.40 bits per heavy atom. The van der Waals surface area contributed by atoms with Crippen LogP contribution in [0.15, 0.2) is 36.5 Å². The van der Waals surface area contributed by atoms with E-state index >= 15 is 0 Å². The summed E-state index contributed by atoms with van der Waals surface area (Å²) in [5.74, 6) is -1.56. The minimum absolute atomic E-state index is 0.267. The van der Waals surface area contributed by atoms with Crippen LogP contribution < -0.4 is 5.32 Å². The molecule has 0 aromatic heterocycles. The summed E-state index contributed by atoms with van der Waals surface area (Å²) in [5, 5.41) is 23.3. The number of aliphatic hydroxyl groups is 2. The van der Waals surface area contributed by atoms with E-state index in [2.05, 4.69) is 43.5 Å². The lowest BCUT2D eigenvalue weighted by Gasteiger charge is -2.22. The predicted molar refractivity (Wildman–Crippen MR) is 199 cm³/mol. The molecule has 3 atom stereocenters. The van der Waals surface area contributed by atoms with E-state index in [9.17, 15) is 28.0 Å². The van der Waals surface area contributed by atoms with Gasteiger partial charge in [-0.1, -0.05) is 159 Å². The van der Waals surface area contributed by atoms with Crippen molar-refractivity contribution in [3.05, 3.63) is 36.5 Å². The van der Waals surface area contributed by atoms with Crippen LogP contribution in [0.1, 0.15) is 181 Å². The van der Waals surface area contributed by atoms with Gasteiger partial charge >= 0.3 is 0 Å². The summed E-state index contributed by atoms with van der Waals surface area (Å²) in [6, 6.07) is -1.25. The van der Waals surface area contributed by atoms with E-state index in [-0.39, 0.29) is 6.42 Å². The largest absolute Gasteiger partial charge is 0.387 e. The lowest BCUT2D eigenvalue weighted by atomic mass is 10.0. The number of aliphatic hydroxyl groups excluding tert-OH is 2. The zero-order chi connectivity index (χ0) is 34.9. The third kappa shape index (κ3) is 32.8. The molecule has 0 radical (unpaired) electrons. The molecule has 0 saturated carbocycles. The zero-order valence-corrected chi connectivity index (χ0v) is 31.1. The maximum absolute atomic E-state index is 12.5. The Morgan fingerprint density at radius 1 is 0.574 bits per heavy atom. The van der Waals surface area contributed by atoms with Crippen molar-refractivity contribution in [1.29, 1.82) is 0 Å². The number of rotatable bonds is 34. The van der Waals surface area contributed by atoms with E-state index in [0.29, 0.717) is 12.8 Å². The van der Waals surface area contributed by atoms with Crippen molar-refractivity contribution >= 4 is 16.0 Å². The molecule has 0 aliphatic rings. The molecule has 4 N–H and O–H groups in total. The maximum Gasteiger partial charge on any atom is 0.267 e. The van der Waals surface area contributed by atoms with Gasteiger partial charge in [0.25, 0.3) is 10.1 Å². The number of nitrogens with one attached hydrogen (secondary N) is 1. The highest BCUT2D eigenvalue weighted by atomic mass is 32.2. The topological polar surface area (TPSA) is 124 Å². The molecule has 0 rings (SSSR count). The summed E-state index contributed by atoms with van der Waals surface area (Å²) >= 11 is 0. The van der Waals surface area contributed by atoms with Gasteiger partial charge < -0.3 is 15.5 Å². The molecule has 0 fully saturated rings. The maximum atomic E-state index is 12.5. The van der Waals surface area contributed by atoms with Crippen LogP contribution in [-0.2, 0) is 14.9 Å². The fourth-order valence-corrected chi connectivity index (χ4v) is 6.38. The molecule has 276 valence electrons. The first-order chi connectivity index (χ1) is 22.7. The molecule has 0 aromatic carbocycles. The van der Waals surface area contributed by atoms with Gasteiger partial charge in [-0.25, -0.2) is 0 Å². The van der Waals surface area contributed by atoms with Gasteiger partial charge in [0, 0.05) is 0 Å². The van der Waals surface area contributed by atoms with E-state index in [1.165, 1.54) is 115 Å². The Morgan fingerprint density at radius 2 is 0.957 bits per heavy atom. The second kappa shape index (κ2) is 33.0. The first-order valence-corrected chi connectivity index (χ1v) is 20.9. The van der Waals surface area contributed by atoms with Crippen molar-refractivity contribution in [2.24, 2.45) is 0 Å². The van der Waals surface area contributed by atoms with Crippen LogP contribution in [0, 0.1) is 0 Å². The zero-order valence-electron chi connectivity index (χ0n) is 30.3. The van der Waals surface area contributed by atoms with Gasteiger partial charge in [-0.2, -0.15) is 8.42 Å². The highest BCUT2D eigenvalue weighted by molar-refractivity contribution is 7.85. The van der Waals surface area contributed by atoms with Gasteiger partial charge in [0.1, 0.15) is 6.10 Å². The van der Waals surface area contributed by atoms with Crippen LogP contribution >= 0.6 is 0 Å². The second-order valence-corrected chi connectivity index (χ2v) is 14.8. The summed E-state index contributed by atoms with van der Waals surface area (Å²) in [5.41, 5.74) is 0. The normalized spacial score (nSPS) is 14.4. The van der Waals surface area contributed by atoms with E-state index in [1.54, 1.807) is 6.08 Å². The van der Waals surface area contributed by atoms with Crippen molar-refractivity contribution in [2.75, 3.05) is 5.75 Å². The molecule has 0 aliphatic heterocycles. The molecule has 0 bridgehead atoms. The number of carbonyl (C=O) groups excluding carboxylic acids is 1. The van der Waals surface area contributed by atoms with Gasteiger partial charge in [-0.05, 0) is 57.8 Å². The monoisotopic (exact) mass is 684 g/mol. The molecular formula is C39H73NO6S. The van der Waals surface area contributed by atoms with Gasteiger partial charge in [-0.3, -0.25) is 9.35 Å². The summed E-state index contributed by atoms with van der Waals surface area (Å²) in [4.78, 5) is 12.5. The first kappa shape index (κ1) is 45.5. The molecule has 3 unspecified atom stereocenters. The second-order valence-electron chi connectivity index (χ2n) is 13.3. The number of unbranched alkanes of at least 4 members (excludes halogenated alkanes) is 21. The van der Waals surface area contributed by atoms with Crippen LogP contribution in [0.2, 0.25) is 0 Å². The Hall–Kier alpha value is -1.48. The lowest BCUT2D eigenvalue weighted by molar-refractivity contribution is -0.130. The fourth-order valence-electron chi connectivity index (χ4n) is 5.64. The molecule has 0 spiro atoms. The molecule has 0 aliphatic carbocycles. The first-order valence-electron chi connectivity index (χ1n) is 19.3. The number of hydrogen-bond donors (Lipinski definition) is 4. The summed E-state index contributed by atoms with van der Waals surface area (Å²) in [6.07, 6.45) is 39.2. The standard InChI is InChI=1S/C39H73NO6S/c1-3-5-7-9-11-13-15-17-18-19-20-21-22-24-26-28-30-32-34-38(42)39(43)40-36(35-47(44,45)46)37(41)33-31-29-27-25-23-16-14-12-10-8-6-4-2/h19-20,23,25,31,33,36-38,41-42H,3-18,21-22,24,26-30,32,34-35H2,1-2H3,(H,40,43)(H,44,45,46)/b20-19-,25-23+,33-31+. The van der Waals surface area contributed by atoms with Crippen LogP contribution in [0.5, 0.6) is 0 Å². The van der Waals surface area contributed by atoms with Gasteiger partial charge in [0.15, 0.2) is 0 Å². The average Bonchev–Trinajstić information content (AvgIpc) is 3.03. The Kier molecular flexibility index (Phi) is 32.0. The third-order valence-corrected chi connectivity index (χ3v) is 9.43. The van der Waals surface area contributed by atoms with Crippen LogP contribution in [-0.4, -0.2) is 53.1 Å². The van der Waals surface area contributed by atoms with Gasteiger partial charge in [0.2, 0.25) is 5.91 Å². The van der Waals surface area contributed by atoms with E-state index in [1.807, 2.05) is 0 Å². The highest BCUT2D eigenvalue weighted by Gasteiger charge is 2.27. The fraction of sp³-hybridized carbons (Fsp3) is 0.821. The van der Waals surface area contributed by atoms with E-state index in [4.69, 9.17) is 0 Å². The molecule has 0 heterocycles. The third-order valence-electron chi connectivity index (χ3n) is 8.65.